The predicted octanol–water partition coefficient (Wildman–Crippen LogP) is 0.908. The van der Waals surface area contributed by atoms with Crippen molar-refractivity contribution in [3.05, 3.63) is 17.8 Å². The normalized spacial score (nSPS) is 22.8. The Hall–Kier alpha value is -1.69. The van der Waals surface area contributed by atoms with Gasteiger partial charge in [0.25, 0.3) is 5.91 Å². The molecule has 2 atom stereocenters. The van der Waals surface area contributed by atoms with E-state index in [4.69, 9.17) is 5.73 Å². The highest BCUT2D eigenvalue weighted by atomic mass is 16.1. The Balaban J connectivity index is 1.96. The zero-order chi connectivity index (χ0) is 13.7. The van der Waals surface area contributed by atoms with E-state index in [0.29, 0.717) is 18.1 Å². The highest BCUT2D eigenvalue weighted by molar-refractivity contribution is 5.92. The van der Waals surface area contributed by atoms with E-state index in [9.17, 15) is 4.79 Å². The third-order valence-corrected chi connectivity index (χ3v) is 3.39. The molecule has 1 amide bonds. The molecule has 2 rings (SSSR count). The molecular weight excluding hydrogens is 242 g/mol. The minimum Gasteiger partial charge on any atom is -0.364 e. The molecule has 1 heterocycles. The van der Waals surface area contributed by atoms with Gasteiger partial charge in [-0.2, -0.15) is 0 Å². The number of amides is 1. The van der Waals surface area contributed by atoms with Gasteiger partial charge in [-0.25, -0.2) is 0 Å². The van der Waals surface area contributed by atoms with E-state index < -0.39 is 0 Å². The van der Waals surface area contributed by atoms with Crippen LogP contribution >= 0.6 is 0 Å². The van der Waals surface area contributed by atoms with Gasteiger partial charge in [-0.3, -0.25) is 4.79 Å². The Morgan fingerprint density at radius 3 is 2.79 bits per heavy atom. The van der Waals surface area contributed by atoms with Crippen LogP contribution in [-0.4, -0.2) is 34.7 Å². The van der Waals surface area contributed by atoms with Crippen LogP contribution in [0.3, 0.4) is 0 Å². The highest BCUT2D eigenvalue weighted by Crippen LogP contribution is 2.19. The summed E-state index contributed by atoms with van der Waals surface area (Å²) >= 11 is 0. The predicted molar refractivity (Wildman–Crippen MR) is 73.9 cm³/mol. The maximum absolute atomic E-state index is 11.5. The Kier molecular flexibility index (Phi) is 4.68. The summed E-state index contributed by atoms with van der Waals surface area (Å²) in [5.41, 5.74) is 6.40. The molecule has 1 aromatic rings. The molecule has 1 aromatic heterocycles. The first-order chi connectivity index (χ1) is 9.20. The minimum atomic E-state index is -0.198. The quantitative estimate of drug-likeness (QED) is 0.750. The molecule has 1 fully saturated rings. The second-order valence-electron chi connectivity index (χ2n) is 4.86. The van der Waals surface area contributed by atoms with Gasteiger partial charge in [-0.1, -0.05) is 12.8 Å². The number of nitrogens with one attached hydrogen (secondary N) is 2. The first-order valence-electron chi connectivity index (χ1n) is 6.84. The third-order valence-electron chi connectivity index (χ3n) is 3.39. The second kappa shape index (κ2) is 6.47. The Morgan fingerprint density at radius 1 is 1.37 bits per heavy atom. The van der Waals surface area contributed by atoms with Crippen LogP contribution in [0.2, 0.25) is 0 Å². The molecule has 0 aromatic carbocycles. The Morgan fingerprint density at radius 2 is 2.16 bits per heavy atom. The van der Waals surface area contributed by atoms with Gasteiger partial charge in [0.15, 0.2) is 5.69 Å². The van der Waals surface area contributed by atoms with Crippen LogP contribution in [0.15, 0.2) is 12.1 Å². The van der Waals surface area contributed by atoms with Crippen molar-refractivity contribution < 1.29 is 4.79 Å². The smallest absolute Gasteiger partial charge is 0.271 e. The van der Waals surface area contributed by atoms with Gasteiger partial charge in [0.2, 0.25) is 0 Å². The zero-order valence-corrected chi connectivity index (χ0v) is 11.2. The van der Waals surface area contributed by atoms with E-state index in [1.54, 1.807) is 12.1 Å². The summed E-state index contributed by atoms with van der Waals surface area (Å²) in [5, 5.41) is 13.9. The lowest BCUT2D eigenvalue weighted by Gasteiger charge is -2.29. The molecule has 1 aliphatic rings. The van der Waals surface area contributed by atoms with Crippen molar-refractivity contribution in [1.82, 2.24) is 15.5 Å². The number of rotatable bonds is 4. The number of nitrogens with zero attached hydrogens (tertiary/aromatic N) is 2. The molecule has 6 heteroatoms. The number of anilines is 1. The van der Waals surface area contributed by atoms with Gasteiger partial charge in [0.1, 0.15) is 5.82 Å². The fraction of sp³-hybridized carbons (Fsp3) is 0.615. The van der Waals surface area contributed by atoms with Crippen LogP contribution in [0.4, 0.5) is 5.82 Å². The van der Waals surface area contributed by atoms with Crippen LogP contribution in [0.25, 0.3) is 0 Å². The molecule has 0 radical (unpaired) electrons. The van der Waals surface area contributed by atoms with Gasteiger partial charge in [0, 0.05) is 18.6 Å². The number of aromatic nitrogens is 2. The first-order valence-corrected chi connectivity index (χ1v) is 6.84. The average Bonchev–Trinajstić information content (AvgIpc) is 2.42. The Bertz CT molecular complexity index is 420. The first kappa shape index (κ1) is 13.7. The molecule has 0 aliphatic heterocycles. The number of nitrogens with two attached hydrogens (primary N) is 1. The van der Waals surface area contributed by atoms with Crippen molar-refractivity contribution in [2.45, 2.75) is 44.7 Å². The summed E-state index contributed by atoms with van der Waals surface area (Å²) in [6.45, 7) is 2.45. The van der Waals surface area contributed by atoms with Gasteiger partial charge in [-0.05, 0) is 31.9 Å². The minimum absolute atomic E-state index is 0.165. The van der Waals surface area contributed by atoms with Crippen LogP contribution in [0, 0.1) is 0 Å². The molecule has 1 saturated carbocycles. The molecule has 1 aliphatic carbocycles. The van der Waals surface area contributed by atoms with Crippen molar-refractivity contribution in [2.24, 2.45) is 5.73 Å². The molecule has 104 valence electrons. The van der Waals surface area contributed by atoms with Gasteiger partial charge >= 0.3 is 0 Å². The van der Waals surface area contributed by atoms with Gasteiger partial charge in [0.05, 0.1) is 0 Å². The number of hydrogen-bond donors (Lipinski definition) is 3. The van der Waals surface area contributed by atoms with Crippen molar-refractivity contribution in [3.8, 4) is 0 Å². The number of carbonyl (C=O) groups is 1. The van der Waals surface area contributed by atoms with Crippen LogP contribution < -0.4 is 16.4 Å². The van der Waals surface area contributed by atoms with Crippen molar-refractivity contribution in [1.29, 1.82) is 0 Å². The van der Waals surface area contributed by atoms with Crippen molar-refractivity contribution in [3.63, 3.8) is 0 Å². The lowest BCUT2D eigenvalue weighted by Crippen LogP contribution is -2.42. The second-order valence-corrected chi connectivity index (χ2v) is 4.86. The Labute approximate surface area is 113 Å². The molecule has 4 N–H and O–H groups in total. The van der Waals surface area contributed by atoms with E-state index in [2.05, 4.69) is 20.8 Å². The maximum atomic E-state index is 11.5. The summed E-state index contributed by atoms with van der Waals surface area (Å²) < 4.78 is 0. The van der Waals surface area contributed by atoms with Crippen molar-refractivity contribution in [2.75, 3.05) is 11.9 Å². The van der Waals surface area contributed by atoms with Gasteiger partial charge < -0.3 is 16.4 Å². The molecule has 6 nitrogen and oxygen atoms in total. The zero-order valence-electron chi connectivity index (χ0n) is 11.2. The van der Waals surface area contributed by atoms with Crippen LogP contribution in [0.1, 0.15) is 43.1 Å². The number of hydrogen-bond acceptors (Lipinski definition) is 5. The van der Waals surface area contributed by atoms with E-state index in [-0.39, 0.29) is 18.0 Å². The highest BCUT2D eigenvalue weighted by Gasteiger charge is 2.21. The fourth-order valence-electron chi connectivity index (χ4n) is 2.31. The monoisotopic (exact) mass is 263 g/mol. The summed E-state index contributed by atoms with van der Waals surface area (Å²) in [6, 6.07) is 3.87. The molecule has 0 bridgehead atoms. The lowest BCUT2D eigenvalue weighted by molar-refractivity contribution is 0.0950. The lowest BCUT2D eigenvalue weighted by atomic mass is 9.91. The summed E-state index contributed by atoms with van der Waals surface area (Å²) in [7, 11) is 0. The van der Waals surface area contributed by atoms with Crippen LogP contribution in [-0.2, 0) is 0 Å². The topological polar surface area (TPSA) is 92.9 Å². The third kappa shape index (κ3) is 3.64. The average molecular weight is 263 g/mol. The number of carbonyl (C=O) groups excluding carboxylic acids is 1. The van der Waals surface area contributed by atoms with E-state index in [1.807, 2.05) is 6.92 Å². The summed E-state index contributed by atoms with van der Waals surface area (Å²) in [5.74, 6) is 0.478. The largest absolute Gasteiger partial charge is 0.364 e. The molecule has 2 unspecified atom stereocenters. The molecule has 19 heavy (non-hydrogen) atoms. The summed E-state index contributed by atoms with van der Waals surface area (Å²) in [4.78, 5) is 11.5. The molecule has 0 saturated heterocycles. The van der Waals surface area contributed by atoms with Gasteiger partial charge in [-0.15, -0.1) is 10.2 Å². The molecule has 0 spiro atoms. The molecular formula is C13H21N5O. The van der Waals surface area contributed by atoms with E-state index >= 15 is 0 Å². The van der Waals surface area contributed by atoms with Crippen molar-refractivity contribution >= 4 is 11.7 Å². The van der Waals surface area contributed by atoms with E-state index in [1.165, 1.54) is 12.8 Å². The fourth-order valence-corrected chi connectivity index (χ4v) is 2.31. The van der Waals surface area contributed by atoms with Crippen LogP contribution in [0.5, 0.6) is 0 Å². The summed E-state index contributed by atoms with van der Waals surface area (Å²) in [6.07, 6.45) is 4.49. The van der Waals surface area contributed by atoms with E-state index in [0.717, 1.165) is 12.8 Å². The standard InChI is InChI=1S/C13H21N5O/c1-2-15-13(19)11-7-8-12(18-17-11)16-10-6-4-3-5-9(10)14/h7-10H,2-6,14H2,1H3,(H,15,19)(H,16,18). The maximum Gasteiger partial charge on any atom is 0.271 e. The SMILES string of the molecule is CCNC(=O)c1ccc(NC2CCCCC2N)nn1.